The van der Waals surface area contributed by atoms with Gasteiger partial charge >= 0.3 is 11.9 Å². The molecule has 0 radical (unpaired) electrons. The summed E-state index contributed by atoms with van der Waals surface area (Å²) in [6.45, 7) is 3.86. The van der Waals surface area contributed by atoms with Crippen LogP contribution in [0.25, 0.3) is 0 Å². The second kappa shape index (κ2) is 4.10. The number of rotatable bonds is 2. The summed E-state index contributed by atoms with van der Waals surface area (Å²) in [5.41, 5.74) is 1.34. The van der Waals surface area contributed by atoms with Crippen LogP contribution in [-0.2, 0) is 24.5 Å². The number of carbonyl (C=O) groups is 2. The Hall–Kier alpha value is -2.30. The number of fused-ring (bicyclic) bond motifs is 3. The molecule has 0 aromatic heterocycles. The normalized spacial score (nSPS) is 29.0. The molecule has 0 fully saturated rings. The minimum absolute atomic E-state index is 0.343. The van der Waals surface area contributed by atoms with Gasteiger partial charge < -0.3 is 14.8 Å². The zero-order valence-corrected chi connectivity index (χ0v) is 12.4. The SMILES string of the molecule is COC(=O)C1=C(C(=O)OC)[C@@]2(C)c3ccccc3N[C@@]12C. The molecule has 2 aliphatic rings. The number of esters is 2. The number of methoxy groups -OCH3 is 2. The van der Waals surface area contributed by atoms with Crippen LogP contribution in [0, 0.1) is 0 Å². The lowest BCUT2D eigenvalue weighted by atomic mass is 9.51. The van der Waals surface area contributed by atoms with Crippen LogP contribution in [-0.4, -0.2) is 31.7 Å². The number of benzene rings is 1. The van der Waals surface area contributed by atoms with Gasteiger partial charge in [-0.2, -0.15) is 0 Å². The van der Waals surface area contributed by atoms with Gasteiger partial charge in [0.15, 0.2) is 0 Å². The van der Waals surface area contributed by atoms with E-state index < -0.39 is 22.9 Å². The van der Waals surface area contributed by atoms with Gasteiger partial charge in [-0.1, -0.05) is 18.2 Å². The predicted octanol–water partition coefficient (Wildman–Crippen LogP) is 1.78. The maximum atomic E-state index is 12.2. The maximum Gasteiger partial charge on any atom is 0.336 e. The molecule has 2 atom stereocenters. The Bertz CT molecular complexity index is 693. The number of anilines is 1. The molecular weight excluding hydrogens is 270 g/mol. The van der Waals surface area contributed by atoms with E-state index in [-0.39, 0.29) is 0 Å². The number of nitrogens with one attached hydrogen (secondary N) is 1. The Balaban J connectivity index is 2.26. The molecule has 1 N–H and O–H groups in total. The largest absolute Gasteiger partial charge is 0.466 e. The molecule has 1 aromatic rings. The third-order valence-electron chi connectivity index (χ3n) is 4.88. The standard InChI is InChI=1S/C16H17NO4/c1-15-9-7-5-6-8-10(9)17-16(15,2)12(14(19)21-4)11(15)13(18)20-3/h5-8,17H,1-4H3/t15-,16+/m1/s1. The number of hydrogen-bond donors (Lipinski definition) is 1. The molecule has 1 aliphatic carbocycles. The van der Waals surface area contributed by atoms with Gasteiger partial charge in [0.05, 0.1) is 36.3 Å². The first kappa shape index (κ1) is 13.7. The summed E-state index contributed by atoms with van der Waals surface area (Å²) in [5, 5.41) is 3.36. The summed E-state index contributed by atoms with van der Waals surface area (Å²) in [5.74, 6) is -0.996. The lowest BCUT2D eigenvalue weighted by Crippen LogP contribution is -2.63. The van der Waals surface area contributed by atoms with E-state index in [1.165, 1.54) is 14.2 Å². The van der Waals surface area contributed by atoms with Crippen molar-refractivity contribution in [1.29, 1.82) is 0 Å². The fourth-order valence-corrected chi connectivity index (χ4v) is 3.64. The number of para-hydroxylation sites is 1. The monoisotopic (exact) mass is 287 g/mol. The van der Waals surface area contributed by atoms with E-state index in [0.717, 1.165) is 11.3 Å². The summed E-state index contributed by atoms with van der Waals surface area (Å²) in [6.07, 6.45) is 0. The highest BCUT2D eigenvalue weighted by Crippen LogP contribution is 2.63. The summed E-state index contributed by atoms with van der Waals surface area (Å²) < 4.78 is 9.73. The van der Waals surface area contributed by atoms with Crippen LogP contribution in [0.1, 0.15) is 19.4 Å². The summed E-state index contributed by atoms with van der Waals surface area (Å²) in [7, 11) is 2.63. The van der Waals surface area contributed by atoms with Gasteiger partial charge in [0.1, 0.15) is 0 Å². The van der Waals surface area contributed by atoms with Gasteiger partial charge in [0.25, 0.3) is 0 Å². The van der Waals surface area contributed by atoms with Crippen molar-refractivity contribution in [2.24, 2.45) is 0 Å². The predicted molar refractivity (Wildman–Crippen MR) is 76.9 cm³/mol. The average molecular weight is 287 g/mol. The highest BCUT2D eigenvalue weighted by molar-refractivity contribution is 6.11. The molecule has 21 heavy (non-hydrogen) atoms. The smallest absolute Gasteiger partial charge is 0.336 e. The second-order valence-electron chi connectivity index (χ2n) is 5.65. The van der Waals surface area contributed by atoms with E-state index in [1.54, 1.807) is 0 Å². The minimum Gasteiger partial charge on any atom is -0.466 e. The third-order valence-corrected chi connectivity index (χ3v) is 4.88. The van der Waals surface area contributed by atoms with Crippen molar-refractivity contribution in [3.8, 4) is 0 Å². The van der Waals surface area contributed by atoms with Crippen molar-refractivity contribution < 1.29 is 19.1 Å². The molecule has 0 bridgehead atoms. The molecule has 1 heterocycles. The summed E-state index contributed by atoms with van der Waals surface area (Å²) >= 11 is 0. The van der Waals surface area contributed by atoms with Gasteiger partial charge in [-0.3, -0.25) is 0 Å². The van der Waals surface area contributed by atoms with Crippen LogP contribution in [0.5, 0.6) is 0 Å². The van der Waals surface area contributed by atoms with E-state index in [9.17, 15) is 9.59 Å². The molecular formula is C16H17NO4. The first-order valence-corrected chi connectivity index (χ1v) is 6.71. The molecule has 110 valence electrons. The van der Waals surface area contributed by atoms with Crippen molar-refractivity contribution in [1.82, 2.24) is 0 Å². The summed E-state index contributed by atoms with van der Waals surface area (Å²) in [6, 6.07) is 7.74. The third kappa shape index (κ3) is 1.36. The van der Waals surface area contributed by atoms with E-state index in [2.05, 4.69) is 5.32 Å². The lowest BCUT2D eigenvalue weighted by molar-refractivity contribution is -0.142. The number of carbonyl (C=O) groups excluding carboxylic acids is 2. The van der Waals surface area contributed by atoms with Crippen LogP contribution < -0.4 is 5.32 Å². The Morgan fingerprint density at radius 1 is 1.00 bits per heavy atom. The van der Waals surface area contributed by atoms with E-state index in [4.69, 9.17) is 9.47 Å². The Kier molecular flexibility index (Phi) is 2.67. The zero-order valence-electron chi connectivity index (χ0n) is 12.4. The fourth-order valence-electron chi connectivity index (χ4n) is 3.64. The Morgan fingerprint density at radius 2 is 1.57 bits per heavy atom. The maximum absolute atomic E-state index is 12.2. The molecule has 1 aromatic carbocycles. The van der Waals surface area contributed by atoms with Gasteiger partial charge in [0.2, 0.25) is 0 Å². The lowest BCUT2D eigenvalue weighted by Gasteiger charge is -2.52. The van der Waals surface area contributed by atoms with E-state index in [1.807, 2.05) is 38.1 Å². The van der Waals surface area contributed by atoms with Crippen LogP contribution in [0.2, 0.25) is 0 Å². The molecule has 0 saturated heterocycles. The van der Waals surface area contributed by atoms with Gasteiger partial charge in [-0.05, 0) is 25.5 Å². The van der Waals surface area contributed by atoms with Gasteiger partial charge in [-0.25, -0.2) is 9.59 Å². The highest BCUT2D eigenvalue weighted by Gasteiger charge is 2.69. The quantitative estimate of drug-likeness (QED) is 0.840. The van der Waals surface area contributed by atoms with Crippen molar-refractivity contribution in [3.05, 3.63) is 41.0 Å². The van der Waals surface area contributed by atoms with Gasteiger partial charge in [0, 0.05) is 5.69 Å². The van der Waals surface area contributed by atoms with Crippen molar-refractivity contribution in [2.75, 3.05) is 19.5 Å². The molecule has 5 heteroatoms. The topological polar surface area (TPSA) is 64.6 Å². The van der Waals surface area contributed by atoms with Gasteiger partial charge in [-0.15, -0.1) is 0 Å². The van der Waals surface area contributed by atoms with E-state index in [0.29, 0.717) is 11.1 Å². The van der Waals surface area contributed by atoms with E-state index >= 15 is 0 Å². The van der Waals surface area contributed by atoms with Crippen LogP contribution >= 0.6 is 0 Å². The highest BCUT2D eigenvalue weighted by atomic mass is 16.5. The molecule has 0 unspecified atom stereocenters. The molecule has 0 amide bonds. The Labute approximate surface area is 122 Å². The first-order chi connectivity index (χ1) is 9.91. The van der Waals surface area contributed by atoms with Crippen LogP contribution in [0.15, 0.2) is 35.4 Å². The molecule has 0 spiro atoms. The summed E-state index contributed by atoms with van der Waals surface area (Å²) in [4.78, 5) is 24.3. The minimum atomic E-state index is -0.673. The number of ether oxygens (including phenoxy) is 2. The van der Waals surface area contributed by atoms with Crippen LogP contribution in [0.3, 0.4) is 0 Å². The molecule has 1 aliphatic heterocycles. The molecule has 3 rings (SSSR count). The zero-order chi connectivity index (χ0) is 15.4. The van der Waals surface area contributed by atoms with Crippen molar-refractivity contribution >= 4 is 17.6 Å². The average Bonchev–Trinajstić information content (AvgIpc) is 2.67. The second-order valence-corrected chi connectivity index (χ2v) is 5.65. The van der Waals surface area contributed by atoms with Crippen molar-refractivity contribution in [3.63, 3.8) is 0 Å². The fraction of sp³-hybridized carbons (Fsp3) is 0.375. The Morgan fingerprint density at radius 3 is 2.19 bits per heavy atom. The first-order valence-electron chi connectivity index (χ1n) is 6.71. The molecule has 5 nitrogen and oxygen atoms in total. The van der Waals surface area contributed by atoms with Crippen molar-refractivity contribution in [2.45, 2.75) is 24.8 Å². The van der Waals surface area contributed by atoms with Crippen LogP contribution in [0.4, 0.5) is 5.69 Å². The number of hydrogen-bond acceptors (Lipinski definition) is 5. The molecule has 0 saturated carbocycles.